The van der Waals surface area contributed by atoms with Gasteiger partial charge in [-0.3, -0.25) is 0 Å². The quantitative estimate of drug-likeness (QED) is 0.274. The van der Waals surface area contributed by atoms with Gasteiger partial charge in [0.25, 0.3) is 0 Å². The van der Waals surface area contributed by atoms with Gasteiger partial charge in [-0.05, 0) is 6.08 Å². The van der Waals surface area contributed by atoms with Crippen LogP contribution in [0.4, 0.5) is 0 Å². The molecule has 13 heavy (non-hydrogen) atoms. The standard InChI is InChI=1S/C6H6O6.Na/c7-4(8)1-2-6(11)12-3-5(9)10;/h1-2H,3H2,(H,7,8)(H,9,10);/q;+1/p-1/b2-1-;. The minimum Gasteiger partial charge on any atom is -0.545 e. The molecule has 0 aromatic heterocycles. The van der Waals surface area contributed by atoms with E-state index in [1.165, 1.54) is 0 Å². The van der Waals surface area contributed by atoms with Crippen LogP contribution in [-0.4, -0.2) is 29.6 Å². The molecule has 0 aliphatic rings. The molecule has 0 fully saturated rings. The molecule has 0 rings (SSSR count). The minimum atomic E-state index is -1.55. The van der Waals surface area contributed by atoms with E-state index >= 15 is 0 Å². The van der Waals surface area contributed by atoms with Gasteiger partial charge in [-0.15, -0.1) is 0 Å². The number of esters is 1. The van der Waals surface area contributed by atoms with Gasteiger partial charge in [-0.25, -0.2) is 9.59 Å². The van der Waals surface area contributed by atoms with Crippen molar-refractivity contribution in [3.05, 3.63) is 12.2 Å². The number of carboxylic acids is 2. The Morgan fingerprint density at radius 1 is 1.31 bits per heavy atom. The Balaban J connectivity index is 0. The van der Waals surface area contributed by atoms with Crippen LogP contribution in [0.1, 0.15) is 0 Å². The zero-order valence-corrected chi connectivity index (χ0v) is 8.85. The monoisotopic (exact) mass is 196 g/mol. The van der Waals surface area contributed by atoms with Gasteiger partial charge in [0.05, 0.1) is 5.97 Å². The zero-order chi connectivity index (χ0) is 9.56. The number of carbonyl (C=O) groups is 3. The van der Waals surface area contributed by atoms with E-state index in [4.69, 9.17) is 5.11 Å². The Labute approximate surface area is 95.5 Å². The molecule has 0 heterocycles. The van der Waals surface area contributed by atoms with Gasteiger partial charge >= 0.3 is 41.5 Å². The Kier molecular flexibility index (Phi) is 8.78. The van der Waals surface area contributed by atoms with E-state index in [-0.39, 0.29) is 29.6 Å². The molecular formula is C6H5NaO6. The number of aliphatic carboxylic acids is 2. The SMILES string of the molecule is O=C([O-])/C=C\C(=O)OCC(=O)O.[Na+]. The molecule has 0 saturated heterocycles. The smallest absolute Gasteiger partial charge is 0.545 e. The predicted octanol–water partition coefficient (Wildman–Crippen LogP) is -5.08. The van der Waals surface area contributed by atoms with Crippen LogP contribution < -0.4 is 34.7 Å². The minimum absolute atomic E-state index is 0. The van der Waals surface area contributed by atoms with Gasteiger partial charge in [0.15, 0.2) is 6.61 Å². The Morgan fingerprint density at radius 3 is 2.23 bits per heavy atom. The molecule has 0 amide bonds. The Bertz CT molecular complexity index is 233. The van der Waals surface area contributed by atoms with E-state index in [1.807, 2.05) is 0 Å². The van der Waals surface area contributed by atoms with E-state index in [0.717, 1.165) is 0 Å². The van der Waals surface area contributed by atoms with Crippen molar-refractivity contribution in [1.29, 1.82) is 0 Å². The molecule has 0 aliphatic heterocycles. The summed E-state index contributed by atoms with van der Waals surface area (Å²) in [5, 5.41) is 17.7. The normalized spacial score (nSPS) is 8.92. The van der Waals surface area contributed by atoms with E-state index in [0.29, 0.717) is 12.2 Å². The van der Waals surface area contributed by atoms with Crippen molar-refractivity contribution in [2.45, 2.75) is 0 Å². The maximum Gasteiger partial charge on any atom is 1.00 e. The number of hydrogen-bond acceptors (Lipinski definition) is 5. The van der Waals surface area contributed by atoms with Crippen LogP contribution in [0.15, 0.2) is 12.2 Å². The summed E-state index contributed by atoms with van der Waals surface area (Å²) in [6.45, 7) is -0.795. The van der Waals surface area contributed by atoms with Crippen molar-refractivity contribution >= 4 is 17.9 Å². The fourth-order valence-electron chi connectivity index (χ4n) is 0.317. The second-order valence-electron chi connectivity index (χ2n) is 1.65. The molecular weight excluding hydrogens is 191 g/mol. The molecule has 6 nitrogen and oxygen atoms in total. The summed E-state index contributed by atoms with van der Waals surface area (Å²) in [6.07, 6.45) is 1.02. The molecule has 0 unspecified atom stereocenters. The van der Waals surface area contributed by atoms with Crippen LogP contribution >= 0.6 is 0 Å². The molecule has 0 bridgehead atoms. The number of carboxylic acid groups (broad SMARTS) is 2. The van der Waals surface area contributed by atoms with Crippen molar-refractivity contribution in [3.8, 4) is 0 Å². The summed E-state index contributed by atoms with van der Waals surface area (Å²) in [6, 6.07) is 0. The maximum absolute atomic E-state index is 10.4. The molecule has 0 aromatic rings. The summed E-state index contributed by atoms with van der Waals surface area (Å²) in [4.78, 5) is 29.9. The second kappa shape index (κ2) is 7.78. The van der Waals surface area contributed by atoms with Crippen molar-refractivity contribution in [1.82, 2.24) is 0 Å². The van der Waals surface area contributed by atoms with Gasteiger partial charge in [-0.2, -0.15) is 0 Å². The van der Waals surface area contributed by atoms with Crippen molar-refractivity contribution < 1.29 is 58.9 Å². The van der Waals surface area contributed by atoms with Gasteiger partial charge in [-0.1, -0.05) is 0 Å². The van der Waals surface area contributed by atoms with E-state index in [2.05, 4.69) is 4.74 Å². The molecule has 7 heteroatoms. The predicted molar refractivity (Wildman–Crippen MR) is 32.7 cm³/mol. The van der Waals surface area contributed by atoms with Gasteiger partial charge in [0.2, 0.25) is 0 Å². The number of carbonyl (C=O) groups excluding carboxylic acids is 2. The first-order chi connectivity index (χ1) is 5.52. The van der Waals surface area contributed by atoms with Gasteiger partial charge in [0, 0.05) is 6.08 Å². The molecule has 0 atom stereocenters. The fourth-order valence-corrected chi connectivity index (χ4v) is 0.317. The largest absolute Gasteiger partial charge is 1.00 e. The third-order valence-electron chi connectivity index (χ3n) is 0.693. The van der Waals surface area contributed by atoms with Crippen LogP contribution in [0.5, 0.6) is 0 Å². The van der Waals surface area contributed by atoms with Crippen LogP contribution in [0, 0.1) is 0 Å². The number of hydrogen-bond donors (Lipinski definition) is 1. The first-order valence-corrected chi connectivity index (χ1v) is 2.80. The zero-order valence-electron chi connectivity index (χ0n) is 6.85. The van der Waals surface area contributed by atoms with E-state index in [1.54, 1.807) is 0 Å². The van der Waals surface area contributed by atoms with Gasteiger partial charge < -0.3 is 19.7 Å². The summed E-state index contributed by atoms with van der Waals surface area (Å²) < 4.78 is 4.04. The maximum atomic E-state index is 10.4. The van der Waals surface area contributed by atoms with Crippen molar-refractivity contribution in [3.63, 3.8) is 0 Å². The molecule has 0 saturated carbocycles. The summed E-state index contributed by atoms with van der Waals surface area (Å²) >= 11 is 0. The first-order valence-electron chi connectivity index (χ1n) is 2.80. The van der Waals surface area contributed by atoms with Gasteiger partial charge in [0.1, 0.15) is 0 Å². The molecule has 0 radical (unpaired) electrons. The average Bonchev–Trinajstić information content (AvgIpc) is 1.96. The number of ether oxygens (including phenoxy) is 1. The molecule has 0 aliphatic carbocycles. The molecule has 66 valence electrons. The third kappa shape index (κ3) is 11.1. The summed E-state index contributed by atoms with van der Waals surface area (Å²) in [5.74, 6) is -3.91. The Morgan fingerprint density at radius 2 is 1.85 bits per heavy atom. The van der Waals surface area contributed by atoms with Crippen LogP contribution in [-0.2, 0) is 19.1 Å². The summed E-state index contributed by atoms with van der Waals surface area (Å²) in [7, 11) is 0. The van der Waals surface area contributed by atoms with Crippen molar-refractivity contribution in [2.24, 2.45) is 0 Å². The van der Waals surface area contributed by atoms with Crippen molar-refractivity contribution in [2.75, 3.05) is 6.61 Å². The van der Waals surface area contributed by atoms with E-state index in [9.17, 15) is 19.5 Å². The average molecular weight is 196 g/mol. The topological polar surface area (TPSA) is 104 Å². The van der Waals surface area contributed by atoms with Crippen LogP contribution in [0.25, 0.3) is 0 Å². The molecule has 0 aromatic carbocycles. The molecule has 0 spiro atoms. The number of rotatable bonds is 4. The van der Waals surface area contributed by atoms with E-state index < -0.39 is 24.5 Å². The Hall–Kier alpha value is -0.850. The second-order valence-corrected chi connectivity index (χ2v) is 1.65. The van der Waals surface area contributed by atoms with Crippen LogP contribution in [0.2, 0.25) is 0 Å². The summed E-state index contributed by atoms with van der Waals surface area (Å²) in [5.41, 5.74) is 0. The fraction of sp³-hybridized carbons (Fsp3) is 0.167. The van der Waals surface area contributed by atoms with Crippen LogP contribution in [0.3, 0.4) is 0 Å². The molecule has 1 N–H and O–H groups in total. The third-order valence-corrected chi connectivity index (χ3v) is 0.693. The first kappa shape index (κ1) is 14.7.